The van der Waals surface area contributed by atoms with Gasteiger partial charge in [0.2, 0.25) is 0 Å². The number of esters is 1. The van der Waals surface area contributed by atoms with Gasteiger partial charge in [0.25, 0.3) is 0 Å². The molecular weight excluding hydrogens is 345 g/mol. The average Bonchev–Trinajstić information content (AvgIpc) is 2.67. The Labute approximate surface area is 146 Å². The second-order valence-electron chi connectivity index (χ2n) is 5.15. The van der Waals surface area contributed by atoms with Gasteiger partial charge in [-0.05, 0) is 54.1 Å². The van der Waals surface area contributed by atoms with Crippen LogP contribution >= 0.6 is 0 Å². The Hall–Kier alpha value is -3.48. The first-order valence-corrected chi connectivity index (χ1v) is 7.44. The molecule has 0 bridgehead atoms. The van der Waals surface area contributed by atoms with Gasteiger partial charge in [-0.2, -0.15) is 0 Å². The van der Waals surface area contributed by atoms with Crippen molar-refractivity contribution >= 4 is 17.9 Å². The number of carbonyl (C=O) groups is 1. The molecule has 0 atom stereocenters. The van der Waals surface area contributed by atoms with Gasteiger partial charge in [-0.15, -0.1) is 0 Å². The van der Waals surface area contributed by atoms with Crippen molar-refractivity contribution in [3.05, 3.63) is 89.5 Å². The molecule has 130 valence electrons. The number of halogens is 3. The minimum absolute atomic E-state index is 0.301. The van der Waals surface area contributed by atoms with Gasteiger partial charge in [-0.25, -0.2) is 18.0 Å². The van der Waals surface area contributed by atoms with Gasteiger partial charge < -0.3 is 4.74 Å². The fraction of sp³-hybridized carbons (Fsp3) is 0. The van der Waals surface area contributed by atoms with Crippen molar-refractivity contribution in [2.24, 2.45) is 4.99 Å². The van der Waals surface area contributed by atoms with E-state index < -0.39 is 23.4 Å². The third-order valence-corrected chi connectivity index (χ3v) is 3.36. The number of aromatic nitrogens is 1. The normalized spacial score (nSPS) is 10.9. The second kappa shape index (κ2) is 7.60. The summed E-state index contributed by atoms with van der Waals surface area (Å²) in [6, 6.07) is 11.2. The second-order valence-corrected chi connectivity index (χ2v) is 5.15. The number of rotatable bonds is 4. The van der Waals surface area contributed by atoms with E-state index in [1.807, 2.05) is 0 Å². The van der Waals surface area contributed by atoms with Crippen LogP contribution in [0, 0.1) is 17.5 Å². The van der Waals surface area contributed by atoms with Gasteiger partial charge in [0.15, 0.2) is 17.5 Å². The molecule has 0 radical (unpaired) electrons. The summed E-state index contributed by atoms with van der Waals surface area (Å²) in [7, 11) is 0. The van der Waals surface area contributed by atoms with E-state index in [1.165, 1.54) is 24.5 Å². The van der Waals surface area contributed by atoms with Crippen LogP contribution < -0.4 is 4.74 Å². The summed E-state index contributed by atoms with van der Waals surface area (Å²) in [6.45, 7) is 0. The minimum Gasteiger partial charge on any atom is -0.423 e. The molecule has 0 N–H and O–H groups in total. The van der Waals surface area contributed by atoms with Crippen LogP contribution in [0.5, 0.6) is 5.75 Å². The van der Waals surface area contributed by atoms with Crippen LogP contribution in [0.4, 0.5) is 18.9 Å². The molecule has 0 aliphatic carbocycles. The van der Waals surface area contributed by atoms with Crippen molar-refractivity contribution < 1.29 is 22.7 Å². The van der Waals surface area contributed by atoms with E-state index in [-0.39, 0.29) is 5.69 Å². The van der Waals surface area contributed by atoms with Crippen molar-refractivity contribution in [3.8, 4) is 5.75 Å². The summed E-state index contributed by atoms with van der Waals surface area (Å²) < 4.78 is 44.8. The lowest BCUT2D eigenvalue weighted by molar-refractivity contribution is 0.0734. The maximum absolute atomic E-state index is 13.5. The van der Waals surface area contributed by atoms with Crippen molar-refractivity contribution in [2.75, 3.05) is 0 Å². The van der Waals surface area contributed by atoms with Crippen LogP contribution in [-0.2, 0) is 0 Å². The van der Waals surface area contributed by atoms with E-state index in [9.17, 15) is 18.0 Å². The summed E-state index contributed by atoms with van der Waals surface area (Å²) in [4.78, 5) is 19.5. The number of benzene rings is 2. The Kier molecular flexibility index (Phi) is 5.07. The fourth-order valence-corrected chi connectivity index (χ4v) is 2.03. The molecule has 26 heavy (non-hydrogen) atoms. The molecule has 3 rings (SSSR count). The number of aliphatic imine (C=N–C) groups is 1. The molecule has 4 nitrogen and oxygen atoms in total. The van der Waals surface area contributed by atoms with Gasteiger partial charge >= 0.3 is 5.97 Å². The monoisotopic (exact) mass is 356 g/mol. The molecule has 3 aromatic rings. The Morgan fingerprint density at radius 2 is 1.77 bits per heavy atom. The van der Waals surface area contributed by atoms with E-state index in [1.54, 1.807) is 30.5 Å². The van der Waals surface area contributed by atoms with Crippen molar-refractivity contribution in [1.82, 2.24) is 4.98 Å². The van der Waals surface area contributed by atoms with Crippen LogP contribution in [0.2, 0.25) is 0 Å². The molecule has 2 aromatic carbocycles. The first-order valence-electron chi connectivity index (χ1n) is 7.44. The highest BCUT2D eigenvalue weighted by Crippen LogP contribution is 2.22. The maximum Gasteiger partial charge on any atom is 0.345 e. The summed E-state index contributed by atoms with van der Waals surface area (Å²) in [5.41, 5.74) is 0.540. The van der Waals surface area contributed by atoms with E-state index in [0.29, 0.717) is 16.9 Å². The molecule has 1 heterocycles. The van der Waals surface area contributed by atoms with Crippen molar-refractivity contribution in [2.45, 2.75) is 0 Å². The molecule has 0 fully saturated rings. The standard InChI is InChI=1S/C19H11F3N2O2/c20-15-7-8-16(18(22)17(15)21)24-10-12-3-5-14(6-4-12)26-19(25)13-2-1-9-23-11-13/h1-11H. The first-order chi connectivity index (χ1) is 12.5. The van der Waals surface area contributed by atoms with Crippen LogP contribution in [0.15, 0.2) is 65.9 Å². The highest BCUT2D eigenvalue weighted by Gasteiger charge is 2.12. The largest absolute Gasteiger partial charge is 0.423 e. The van der Waals surface area contributed by atoms with Gasteiger partial charge in [0.1, 0.15) is 11.4 Å². The lowest BCUT2D eigenvalue weighted by atomic mass is 10.2. The third kappa shape index (κ3) is 3.94. The van der Waals surface area contributed by atoms with Gasteiger partial charge in [-0.1, -0.05) is 0 Å². The average molecular weight is 356 g/mol. The SMILES string of the molecule is O=C(Oc1ccc(C=Nc2ccc(F)c(F)c2F)cc1)c1cccnc1. The minimum atomic E-state index is -1.57. The number of ether oxygens (including phenoxy) is 1. The zero-order chi connectivity index (χ0) is 18.5. The van der Waals surface area contributed by atoms with E-state index in [2.05, 4.69) is 9.98 Å². The molecule has 0 spiro atoms. The van der Waals surface area contributed by atoms with Crippen LogP contribution in [-0.4, -0.2) is 17.2 Å². The Morgan fingerprint density at radius 1 is 1.00 bits per heavy atom. The van der Waals surface area contributed by atoms with Crippen LogP contribution in [0.25, 0.3) is 0 Å². The van der Waals surface area contributed by atoms with Gasteiger partial charge in [0.05, 0.1) is 5.56 Å². The zero-order valence-corrected chi connectivity index (χ0v) is 13.2. The first kappa shape index (κ1) is 17.3. The predicted molar refractivity (Wildman–Crippen MR) is 89.2 cm³/mol. The van der Waals surface area contributed by atoms with Gasteiger partial charge in [-0.3, -0.25) is 9.98 Å². The van der Waals surface area contributed by atoms with Gasteiger partial charge in [0, 0.05) is 18.6 Å². The molecule has 0 unspecified atom stereocenters. The maximum atomic E-state index is 13.5. The lowest BCUT2D eigenvalue weighted by Gasteiger charge is -2.04. The Balaban J connectivity index is 1.70. The van der Waals surface area contributed by atoms with Crippen LogP contribution in [0.1, 0.15) is 15.9 Å². The van der Waals surface area contributed by atoms with E-state index >= 15 is 0 Å². The predicted octanol–water partition coefficient (Wildman–Crippen LogP) is 4.47. The number of hydrogen-bond donors (Lipinski definition) is 0. The molecular formula is C19H11F3N2O2. The molecule has 0 saturated carbocycles. The number of nitrogens with zero attached hydrogens (tertiary/aromatic N) is 2. The quantitative estimate of drug-likeness (QED) is 0.300. The summed E-state index contributed by atoms with van der Waals surface area (Å²) >= 11 is 0. The third-order valence-electron chi connectivity index (χ3n) is 3.36. The molecule has 0 saturated heterocycles. The summed E-state index contributed by atoms with van der Waals surface area (Å²) in [5.74, 6) is -4.46. The van der Waals surface area contributed by atoms with Crippen LogP contribution in [0.3, 0.4) is 0 Å². The lowest BCUT2D eigenvalue weighted by Crippen LogP contribution is -2.08. The molecule has 0 aliphatic rings. The Bertz CT molecular complexity index is 959. The zero-order valence-electron chi connectivity index (χ0n) is 13.2. The highest BCUT2D eigenvalue weighted by molar-refractivity contribution is 5.90. The topological polar surface area (TPSA) is 51.5 Å². The molecule has 1 aromatic heterocycles. The smallest absolute Gasteiger partial charge is 0.345 e. The number of carbonyl (C=O) groups excluding carboxylic acids is 1. The fourth-order valence-electron chi connectivity index (χ4n) is 2.03. The number of pyridine rings is 1. The molecule has 0 amide bonds. The van der Waals surface area contributed by atoms with Crippen molar-refractivity contribution in [1.29, 1.82) is 0 Å². The van der Waals surface area contributed by atoms with E-state index in [0.717, 1.165) is 12.1 Å². The molecule has 0 aliphatic heterocycles. The van der Waals surface area contributed by atoms with E-state index in [4.69, 9.17) is 4.74 Å². The molecule has 7 heteroatoms. The Morgan fingerprint density at radius 3 is 2.46 bits per heavy atom. The van der Waals surface area contributed by atoms with Crippen molar-refractivity contribution in [3.63, 3.8) is 0 Å². The number of hydrogen-bond acceptors (Lipinski definition) is 4. The summed E-state index contributed by atoms with van der Waals surface area (Å²) in [6.07, 6.45) is 4.21. The highest BCUT2D eigenvalue weighted by atomic mass is 19.2. The summed E-state index contributed by atoms with van der Waals surface area (Å²) in [5, 5.41) is 0.